The Morgan fingerprint density at radius 2 is 2.07 bits per heavy atom. The molecule has 158 valence electrons. The Morgan fingerprint density at radius 3 is 2.80 bits per heavy atom. The third-order valence-corrected chi connectivity index (χ3v) is 6.45. The van der Waals surface area contributed by atoms with Crippen molar-refractivity contribution < 1.29 is 4.79 Å². The Kier molecular flexibility index (Phi) is 6.13. The SMILES string of the molecule is CCCc1cc(=O)n2nc(N3CCC(C(=O)NCc4cccc(C)c4)CC3)sc2n1. The molecule has 7 nitrogen and oxygen atoms in total. The van der Waals surface area contributed by atoms with E-state index in [0.717, 1.165) is 55.2 Å². The molecule has 1 saturated heterocycles. The van der Waals surface area contributed by atoms with E-state index in [0.29, 0.717) is 11.5 Å². The minimum atomic E-state index is -0.128. The maximum absolute atomic E-state index is 12.6. The summed E-state index contributed by atoms with van der Waals surface area (Å²) >= 11 is 1.44. The van der Waals surface area contributed by atoms with E-state index >= 15 is 0 Å². The minimum Gasteiger partial charge on any atom is -0.352 e. The Balaban J connectivity index is 1.36. The van der Waals surface area contributed by atoms with Crippen molar-refractivity contribution in [2.24, 2.45) is 5.92 Å². The normalized spacial score (nSPS) is 14.9. The number of aromatic nitrogens is 3. The molecular formula is C22H27N5O2S. The number of carbonyl (C=O) groups excluding carboxylic acids is 1. The summed E-state index contributed by atoms with van der Waals surface area (Å²) in [6, 6.07) is 9.77. The topological polar surface area (TPSA) is 79.6 Å². The molecule has 1 aliphatic rings. The number of rotatable bonds is 6. The average Bonchev–Trinajstić information content (AvgIpc) is 3.17. The van der Waals surface area contributed by atoms with E-state index in [1.807, 2.05) is 12.1 Å². The molecule has 0 radical (unpaired) electrons. The van der Waals surface area contributed by atoms with Crippen molar-refractivity contribution in [3.8, 4) is 0 Å². The summed E-state index contributed by atoms with van der Waals surface area (Å²) in [7, 11) is 0. The van der Waals surface area contributed by atoms with Crippen LogP contribution >= 0.6 is 11.3 Å². The van der Waals surface area contributed by atoms with Gasteiger partial charge in [0.25, 0.3) is 5.56 Å². The number of nitrogens with one attached hydrogen (secondary N) is 1. The van der Waals surface area contributed by atoms with Crippen LogP contribution in [0, 0.1) is 12.8 Å². The fourth-order valence-corrected chi connectivity index (χ4v) is 4.82. The van der Waals surface area contributed by atoms with Crippen LogP contribution in [-0.2, 0) is 17.8 Å². The summed E-state index contributed by atoms with van der Waals surface area (Å²) in [6.45, 7) is 6.19. The molecule has 4 rings (SSSR count). The molecule has 3 heterocycles. The van der Waals surface area contributed by atoms with Crippen LogP contribution in [0.1, 0.15) is 43.0 Å². The first-order valence-corrected chi connectivity index (χ1v) is 11.3. The van der Waals surface area contributed by atoms with Gasteiger partial charge in [0.2, 0.25) is 16.0 Å². The fraction of sp³-hybridized carbons (Fsp3) is 0.455. The monoisotopic (exact) mass is 425 g/mol. The van der Waals surface area contributed by atoms with Crippen molar-refractivity contribution in [1.82, 2.24) is 19.9 Å². The zero-order chi connectivity index (χ0) is 21.1. The molecule has 30 heavy (non-hydrogen) atoms. The number of anilines is 1. The maximum Gasteiger partial charge on any atom is 0.275 e. The van der Waals surface area contributed by atoms with Crippen molar-refractivity contribution >= 4 is 27.3 Å². The van der Waals surface area contributed by atoms with E-state index in [1.54, 1.807) is 6.07 Å². The Bertz CT molecular complexity index is 1100. The van der Waals surface area contributed by atoms with Gasteiger partial charge in [0.15, 0.2) is 0 Å². The van der Waals surface area contributed by atoms with Crippen LogP contribution in [0.5, 0.6) is 0 Å². The van der Waals surface area contributed by atoms with Gasteiger partial charge in [0.1, 0.15) is 0 Å². The van der Waals surface area contributed by atoms with E-state index < -0.39 is 0 Å². The zero-order valence-electron chi connectivity index (χ0n) is 17.4. The van der Waals surface area contributed by atoms with Gasteiger partial charge in [0, 0.05) is 37.3 Å². The Morgan fingerprint density at radius 1 is 1.27 bits per heavy atom. The van der Waals surface area contributed by atoms with Crippen LogP contribution in [0.25, 0.3) is 4.96 Å². The van der Waals surface area contributed by atoms with Gasteiger partial charge in [-0.15, -0.1) is 5.10 Å². The summed E-state index contributed by atoms with van der Waals surface area (Å²) < 4.78 is 1.39. The number of benzene rings is 1. The van der Waals surface area contributed by atoms with Crippen LogP contribution in [0.3, 0.4) is 0 Å². The van der Waals surface area contributed by atoms with E-state index in [-0.39, 0.29) is 17.4 Å². The molecule has 0 unspecified atom stereocenters. The lowest BCUT2D eigenvalue weighted by atomic mass is 9.96. The third kappa shape index (κ3) is 4.53. The number of hydrogen-bond donors (Lipinski definition) is 1. The molecule has 1 fully saturated rings. The molecular weight excluding hydrogens is 398 g/mol. The summed E-state index contributed by atoms with van der Waals surface area (Å²) in [4.78, 5) is 32.3. The van der Waals surface area contributed by atoms with Gasteiger partial charge in [-0.3, -0.25) is 9.59 Å². The average molecular weight is 426 g/mol. The van der Waals surface area contributed by atoms with Gasteiger partial charge in [-0.2, -0.15) is 4.52 Å². The number of amides is 1. The lowest BCUT2D eigenvalue weighted by molar-refractivity contribution is -0.125. The first-order valence-electron chi connectivity index (χ1n) is 10.5. The Hall–Kier alpha value is -2.74. The third-order valence-electron chi connectivity index (χ3n) is 5.48. The largest absolute Gasteiger partial charge is 0.352 e. The molecule has 1 aliphatic heterocycles. The Labute approximate surface area is 179 Å². The number of aryl methyl sites for hydroxylation is 2. The number of piperidine rings is 1. The molecule has 0 aliphatic carbocycles. The molecule has 1 N–H and O–H groups in total. The standard InChI is InChI=1S/C22H27N5O2S/c1-3-5-18-13-19(28)27-21(24-18)30-22(25-27)26-10-8-17(9-11-26)20(29)23-14-16-7-4-6-15(2)12-16/h4,6-7,12-13,17H,3,5,8-11,14H2,1-2H3,(H,23,29). The molecule has 0 saturated carbocycles. The second-order valence-corrected chi connectivity index (χ2v) is 8.82. The van der Waals surface area contributed by atoms with Gasteiger partial charge in [0.05, 0.1) is 0 Å². The first-order chi connectivity index (χ1) is 14.5. The van der Waals surface area contributed by atoms with Gasteiger partial charge < -0.3 is 10.2 Å². The minimum absolute atomic E-state index is 0.0115. The summed E-state index contributed by atoms with van der Waals surface area (Å²) in [5, 5.41) is 8.35. The van der Waals surface area contributed by atoms with Gasteiger partial charge in [-0.1, -0.05) is 54.5 Å². The predicted molar refractivity (Wildman–Crippen MR) is 119 cm³/mol. The second-order valence-electron chi connectivity index (χ2n) is 7.88. The quantitative estimate of drug-likeness (QED) is 0.657. The first kappa shape index (κ1) is 20.5. The van der Waals surface area contributed by atoms with E-state index in [4.69, 9.17) is 0 Å². The van der Waals surface area contributed by atoms with Crippen LogP contribution < -0.4 is 15.8 Å². The smallest absolute Gasteiger partial charge is 0.275 e. The number of hydrogen-bond acceptors (Lipinski definition) is 6. The van der Waals surface area contributed by atoms with Gasteiger partial charge in [-0.05, 0) is 31.7 Å². The van der Waals surface area contributed by atoms with Crippen LogP contribution in [-0.4, -0.2) is 33.6 Å². The summed E-state index contributed by atoms with van der Waals surface area (Å²) in [5.74, 6) is 0.125. The second kappa shape index (κ2) is 8.95. The van der Waals surface area contributed by atoms with Crippen molar-refractivity contribution in [3.05, 3.63) is 57.5 Å². The molecule has 0 atom stereocenters. The fourth-order valence-electron chi connectivity index (χ4n) is 3.85. The van der Waals surface area contributed by atoms with E-state index in [2.05, 4.69) is 46.3 Å². The van der Waals surface area contributed by atoms with Gasteiger partial charge in [-0.25, -0.2) is 4.98 Å². The maximum atomic E-state index is 12.6. The highest BCUT2D eigenvalue weighted by molar-refractivity contribution is 7.20. The highest BCUT2D eigenvalue weighted by Crippen LogP contribution is 2.27. The number of fused-ring (bicyclic) bond motifs is 1. The molecule has 3 aromatic rings. The highest BCUT2D eigenvalue weighted by Gasteiger charge is 2.26. The predicted octanol–water partition coefficient (Wildman–Crippen LogP) is 2.94. The molecule has 1 amide bonds. The van der Waals surface area contributed by atoms with Crippen molar-refractivity contribution in [2.45, 2.75) is 46.1 Å². The summed E-state index contributed by atoms with van der Waals surface area (Å²) in [5.41, 5.74) is 3.01. The van der Waals surface area contributed by atoms with Crippen molar-refractivity contribution in [3.63, 3.8) is 0 Å². The van der Waals surface area contributed by atoms with Crippen molar-refractivity contribution in [2.75, 3.05) is 18.0 Å². The highest BCUT2D eigenvalue weighted by atomic mass is 32.1. The number of carbonyl (C=O) groups is 1. The van der Waals surface area contributed by atoms with Crippen molar-refractivity contribution in [1.29, 1.82) is 0 Å². The molecule has 8 heteroatoms. The summed E-state index contributed by atoms with van der Waals surface area (Å²) in [6.07, 6.45) is 3.30. The van der Waals surface area contributed by atoms with Crippen LogP contribution in [0.2, 0.25) is 0 Å². The van der Waals surface area contributed by atoms with Gasteiger partial charge >= 0.3 is 0 Å². The zero-order valence-corrected chi connectivity index (χ0v) is 18.2. The van der Waals surface area contributed by atoms with Crippen LogP contribution in [0.4, 0.5) is 5.13 Å². The lowest BCUT2D eigenvalue weighted by Gasteiger charge is -2.30. The lowest BCUT2D eigenvalue weighted by Crippen LogP contribution is -2.40. The van der Waals surface area contributed by atoms with E-state index in [9.17, 15) is 9.59 Å². The molecule has 0 bridgehead atoms. The molecule has 0 spiro atoms. The van der Waals surface area contributed by atoms with E-state index in [1.165, 1.54) is 21.4 Å². The molecule has 1 aromatic carbocycles. The van der Waals surface area contributed by atoms with Crippen LogP contribution in [0.15, 0.2) is 35.1 Å². The molecule has 2 aromatic heterocycles. The number of nitrogens with zero attached hydrogens (tertiary/aromatic N) is 4.